The molecule has 2 aromatic carbocycles. The maximum absolute atomic E-state index is 5.53. The highest BCUT2D eigenvalue weighted by Gasteiger charge is 2.30. The molecule has 1 unspecified atom stereocenters. The Labute approximate surface area is 179 Å². The predicted molar refractivity (Wildman–Crippen MR) is 117 cm³/mol. The van der Waals surface area contributed by atoms with Gasteiger partial charge < -0.3 is 4.52 Å². The van der Waals surface area contributed by atoms with Gasteiger partial charge in [-0.1, -0.05) is 58.4 Å². The summed E-state index contributed by atoms with van der Waals surface area (Å²) in [6, 6.07) is 16.7. The van der Waals surface area contributed by atoms with Gasteiger partial charge in [0.15, 0.2) is 16.8 Å². The SMILES string of the molecule is Cc1ccc(-n2c(SC(C)c3nc(C4CC4)no3)nnc2-c2cccc(C)c2)cc1. The molecular weight excluding hydrogens is 394 g/mol. The molecule has 0 saturated heterocycles. The first-order valence-electron chi connectivity index (χ1n) is 10.2. The number of thioether (sulfide) groups is 1. The van der Waals surface area contributed by atoms with Crippen molar-refractivity contribution >= 4 is 11.8 Å². The molecule has 1 aliphatic rings. The van der Waals surface area contributed by atoms with Gasteiger partial charge in [0.1, 0.15) is 0 Å². The van der Waals surface area contributed by atoms with Crippen LogP contribution in [-0.4, -0.2) is 24.9 Å². The van der Waals surface area contributed by atoms with E-state index >= 15 is 0 Å². The molecular formula is C23H23N5OS. The minimum Gasteiger partial charge on any atom is -0.338 e. The van der Waals surface area contributed by atoms with Crippen LogP contribution in [0.25, 0.3) is 17.1 Å². The molecule has 0 N–H and O–H groups in total. The second-order valence-electron chi connectivity index (χ2n) is 7.87. The summed E-state index contributed by atoms with van der Waals surface area (Å²) in [5.74, 6) is 2.76. The van der Waals surface area contributed by atoms with Gasteiger partial charge in [0, 0.05) is 17.2 Å². The zero-order valence-corrected chi connectivity index (χ0v) is 18.1. The van der Waals surface area contributed by atoms with Gasteiger partial charge in [-0.2, -0.15) is 4.98 Å². The van der Waals surface area contributed by atoms with Crippen LogP contribution < -0.4 is 0 Å². The fourth-order valence-corrected chi connectivity index (χ4v) is 4.27. The minimum atomic E-state index is -0.0243. The van der Waals surface area contributed by atoms with Crippen LogP contribution in [0.5, 0.6) is 0 Å². The number of aromatic nitrogens is 5. The third kappa shape index (κ3) is 3.77. The van der Waals surface area contributed by atoms with Crippen molar-refractivity contribution in [3.63, 3.8) is 0 Å². The summed E-state index contributed by atoms with van der Waals surface area (Å²) in [4.78, 5) is 4.60. The molecule has 0 bridgehead atoms. The summed E-state index contributed by atoms with van der Waals surface area (Å²) in [5.41, 5.74) is 4.47. The number of rotatable bonds is 6. The van der Waals surface area contributed by atoms with Crippen molar-refractivity contribution in [1.82, 2.24) is 24.9 Å². The summed E-state index contributed by atoms with van der Waals surface area (Å²) >= 11 is 1.58. The lowest BCUT2D eigenvalue weighted by atomic mass is 10.1. The Kier molecular flexibility index (Phi) is 4.90. The molecule has 0 amide bonds. The number of aryl methyl sites for hydroxylation is 2. The maximum Gasteiger partial charge on any atom is 0.239 e. The number of hydrogen-bond donors (Lipinski definition) is 0. The quantitative estimate of drug-likeness (QED) is 0.377. The first-order chi connectivity index (χ1) is 14.6. The van der Waals surface area contributed by atoms with Crippen LogP contribution in [0, 0.1) is 13.8 Å². The van der Waals surface area contributed by atoms with Crippen LogP contribution in [-0.2, 0) is 0 Å². The van der Waals surface area contributed by atoms with Gasteiger partial charge in [0.2, 0.25) is 5.89 Å². The van der Waals surface area contributed by atoms with Crippen LogP contribution in [0.1, 0.15) is 53.8 Å². The van der Waals surface area contributed by atoms with Crippen molar-refractivity contribution < 1.29 is 4.52 Å². The van der Waals surface area contributed by atoms with Crippen LogP contribution in [0.15, 0.2) is 58.2 Å². The molecule has 2 heterocycles. The monoisotopic (exact) mass is 417 g/mol. The maximum atomic E-state index is 5.53. The summed E-state index contributed by atoms with van der Waals surface area (Å²) in [6.45, 7) is 6.23. The highest BCUT2D eigenvalue weighted by molar-refractivity contribution is 7.99. The average molecular weight is 418 g/mol. The van der Waals surface area contributed by atoms with Crippen molar-refractivity contribution in [2.24, 2.45) is 0 Å². The molecule has 0 radical (unpaired) electrons. The predicted octanol–water partition coefficient (Wildman–Crippen LogP) is 5.66. The van der Waals surface area contributed by atoms with Gasteiger partial charge in [0.05, 0.1) is 5.25 Å². The normalized spacial score (nSPS) is 14.8. The number of nitrogens with zero attached hydrogens (tertiary/aromatic N) is 5. The molecule has 1 fully saturated rings. The van der Waals surface area contributed by atoms with E-state index in [9.17, 15) is 0 Å². The first kappa shape index (κ1) is 19.1. The van der Waals surface area contributed by atoms with Gasteiger partial charge in [-0.25, -0.2) is 0 Å². The van der Waals surface area contributed by atoms with Crippen LogP contribution in [0.3, 0.4) is 0 Å². The van der Waals surface area contributed by atoms with E-state index in [-0.39, 0.29) is 5.25 Å². The molecule has 2 aromatic heterocycles. The highest BCUT2D eigenvalue weighted by Crippen LogP contribution is 2.41. The van der Waals surface area contributed by atoms with Crippen molar-refractivity contribution in [3.8, 4) is 17.1 Å². The molecule has 0 spiro atoms. The smallest absolute Gasteiger partial charge is 0.239 e. The Bertz CT molecular complexity index is 1180. The molecule has 4 aromatic rings. The van der Waals surface area contributed by atoms with E-state index in [1.165, 1.54) is 11.1 Å². The van der Waals surface area contributed by atoms with Crippen LogP contribution in [0.4, 0.5) is 0 Å². The Morgan fingerprint density at radius 3 is 2.57 bits per heavy atom. The summed E-state index contributed by atoms with van der Waals surface area (Å²) in [7, 11) is 0. The van der Waals surface area contributed by atoms with Crippen LogP contribution in [0.2, 0.25) is 0 Å². The molecule has 152 valence electrons. The second-order valence-corrected chi connectivity index (χ2v) is 9.18. The second kappa shape index (κ2) is 7.72. The van der Waals surface area contributed by atoms with Gasteiger partial charge in [-0.3, -0.25) is 4.57 Å². The van der Waals surface area contributed by atoms with E-state index in [0.29, 0.717) is 11.8 Å². The number of benzene rings is 2. The van der Waals surface area contributed by atoms with E-state index in [2.05, 4.69) is 88.1 Å². The third-order valence-electron chi connectivity index (χ3n) is 5.23. The molecule has 0 aliphatic heterocycles. The topological polar surface area (TPSA) is 69.6 Å². The van der Waals surface area contributed by atoms with Gasteiger partial charge >= 0.3 is 0 Å². The first-order valence-corrected chi connectivity index (χ1v) is 11.1. The largest absolute Gasteiger partial charge is 0.338 e. The standard InChI is InChI=1S/C23H23N5OS/c1-14-7-11-19(12-8-14)28-21(18-6-4-5-15(2)13-18)25-26-23(28)30-16(3)22-24-20(27-29-22)17-9-10-17/h4-8,11-13,16-17H,9-10H2,1-3H3. The van der Waals surface area contributed by atoms with Crippen molar-refractivity contribution in [3.05, 3.63) is 71.4 Å². The lowest BCUT2D eigenvalue weighted by Gasteiger charge is -2.12. The summed E-state index contributed by atoms with van der Waals surface area (Å²) in [6.07, 6.45) is 2.31. The molecule has 5 rings (SSSR count). The molecule has 1 atom stereocenters. The summed E-state index contributed by atoms with van der Waals surface area (Å²) in [5, 5.41) is 14.0. The van der Waals surface area contributed by atoms with Crippen molar-refractivity contribution in [2.75, 3.05) is 0 Å². The molecule has 1 saturated carbocycles. The van der Waals surface area contributed by atoms with E-state index in [4.69, 9.17) is 4.52 Å². The molecule has 7 heteroatoms. The number of hydrogen-bond acceptors (Lipinski definition) is 6. The minimum absolute atomic E-state index is 0.0243. The lowest BCUT2D eigenvalue weighted by Crippen LogP contribution is -2.01. The van der Waals surface area contributed by atoms with Crippen molar-refractivity contribution in [2.45, 2.75) is 49.9 Å². The highest BCUT2D eigenvalue weighted by atomic mass is 32.2. The van der Waals surface area contributed by atoms with E-state index in [1.807, 2.05) is 6.07 Å². The van der Waals surface area contributed by atoms with Crippen LogP contribution >= 0.6 is 11.8 Å². The van der Waals surface area contributed by atoms with Gasteiger partial charge in [-0.05, 0) is 51.8 Å². The third-order valence-corrected chi connectivity index (χ3v) is 6.26. The zero-order valence-electron chi connectivity index (χ0n) is 17.2. The zero-order chi connectivity index (χ0) is 20.7. The fourth-order valence-electron chi connectivity index (χ4n) is 3.37. The van der Waals surface area contributed by atoms with E-state index in [0.717, 1.165) is 40.9 Å². The fraction of sp³-hybridized carbons (Fsp3) is 0.304. The lowest BCUT2D eigenvalue weighted by molar-refractivity contribution is 0.374. The van der Waals surface area contributed by atoms with Gasteiger partial charge in [0.25, 0.3) is 0 Å². The Balaban J connectivity index is 1.53. The molecule has 6 nitrogen and oxygen atoms in total. The molecule has 1 aliphatic carbocycles. The Hall–Kier alpha value is -2.93. The Morgan fingerprint density at radius 1 is 1.03 bits per heavy atom. The summed E-state index contributed by atoms with van der Waals surface area (Å²) < 4.78 is 7.63. The molecule has 30 heavy (non-hydrogen) atoms. The average Bonchev–Trinajstić information content (AvgIpc) is 3.32. The van der Waals surface area contributed by atoms with E-state index < -0.39 is 0 Å². The van der Waals surface area contributed by atoms with E-state index in [1.54, 1.807) is 11.8 Å². The van der Waals surface area contributed by atoms with Gasteiger partial charge in [-0.15, -0.1) is 10.2 Å². The van der Waals surface area contributed by atoms with Crippen molar-refractivity contribution in [1.29, 1.82) is 0 Å². The Morgan fingerprint density at radius 2 is 1.83 bits per heavy atom.